The zero-order valence-electron chi connectivity index (χ0n) is 23.2. The van der Waals surface area contributed by atoms with E-state index in [1.807, 2.05) is 40.8 Å². The Morgan fingerprint density at radius 2 is 1.75 bits per heavy atom. The summed E-state index contributed by atoms with van der Waals surface area (Å²) < 4.78 is 2.11. The molecule has 3 N–H and O–H groups in total. The van der Waals surface area contributed by atoms with Gasteiger partial charge in [-0.15, -0.1) is 0 Å². The zero-order valence-corrected chi connectivity index (χ0v) is 23.2. The molecule has 2 bridgehead atoms. The Labute approximate surface area is 216 Å². The van der Waals surface area contributed by atoms with Crippen molar-refractivity contribution in [2.75, 3.05) is 13.2 Å². The molecule has 0 radical (unpaired) electrons. The molecule has 3 saturated carbocycles. The van der Waals surface area contributed by atoms with Crippen molar-refractivity contribution in [2.24, 2.45) is 17.3 Å². The molecule has 36 heavy (non-hydrogen) atoms. The lowest BCUT2D eigenvalue weighted by Gasteiger charge is -2.56. The molecule has 8 nitrogen and oxygen atoms in total. The van der Waals surface area contributed by atoms with Crippen LogP contribution in [-0.4, -0.2) is 68.0 Å². The Balaban J connectivity index is 0.00000176. The van der Waals surface area contributed by atoms with Crippen LogP contribution in [0.2, 0.25) is 0 Å². The van der Waals surface area contributed by atoms with Crippen molar-refractivity contribution in [3.05, 3.63) is 18.0 Å². The summed E-state index contributed by atoms with van der Waals surface area (Å²) in [5, 5.41) is 28.2. The number of nitrogens with one attached hydrogen (secondary N) is 1. The monoisotopic (exact) mass is 504 g/mol. The highest BCUT2D eigenvalue weighted by molar-refractivity contribution is 5.89. The van der Waals surface area contributed by atoms with Crippen LogP contribution in [0.15, 0.2) is 12.3 Å². The molecule has 2 amide bonds. The molecule has 4 atom stereocenters. The minimum Gasteiger partial charge on any atom is -0.394 e. The van der Waals surface area contributed by atoms with E-state index in [2.05, 4.69) is 28.1 Å². The van der Waals surface area contributed by atoms with Crippen LogP contribution in [0.4, 0.5) is 0 Å². The number of carbonyl (C=O) groups is 2. The van der Waals surface area contributed by atoms with E-state index >= 15 is 0 Å². The first-order chi connectivity index (χ1) is 17.2. The zero-order chi connectivity index (χ0) is 26.7. The Morgan fingerprint density at radius 1 is 1.14 bits per heavy atom. The maximum absolute atomic E-state index is 13.4. The summed E-state index contributed by atoms with van der Waals surface area (Å²) in [6.45, 7) is 12.9. The van der Waals surface area contributed by atoms with Crippen LogP contribution in [-0.2, 0) is 21.5 Å². The van der Waals surface area contributed by atoms with Crippen molar-refractivity contribution in [1.29, 1.82) is 0 Å². The van der Waals surface area contributed by atoms with Crippen molar-refractivity contribution in [3.63, 3.8) is 0 Å². The molecule has 4 fully saturated rings. The molecular weight excluding hydrogens is 456 g/mol. The molecule has 8 heteroatoms. The number of likely N-dealkylation sites (tertiary alicyclic amines) is 1. The molecule has 3 aliphatic carbocycles. The number of rotatable bonds is 8. The van der Waals surface area contributed by atoms with E-state index in [1.165, 1.54) is 5.69 Å². The van der Waals surface area contributed by atoms with Crippen molar-refractivity contribution in [3.8, 4) is 0 Å². The van der Waals surface area contributed by atoms with E-state index in [0.717, 1.165) is 45.1 Å². The minimum absolute atomic E-state index is 0.0851. The maximum Gasteiger partial charge on any atom is 0.243 e. The second kappa shape index (κ2) is 11.6. The Morgan fingerprint density at radius 3 is 2.28 bits per heavy atom. The van der Waals surface area contributed by atoms with Gasteiger partial charge in [0.15, 0.2) is 0 Å². The lowest BCUT2D eigenvalue weighted by Crippen LogP contribution is -2.59. The molecule has 2 heterocycles. The van der Waals surface area contributed by atoms with Crippen LogP contribution in [0.5, 0.6) is 0 Å². The number of fused-ring (bicyclic) bond motifs is 3. The molecule has 1 saturated heterocycles. The van der Waals surface area contributed by atoms with E-state index in [0.29, 0.717) is 0 Å². The summed E-state index contributed by atoms with van der Waals surface area (Å²) in [5.74, 6) is -0.389. The van der Waals surface area contributed by atoms with Gasteiger partial charge in [0.05, 0.1) is 18.8 Å². The molecule has 0 aromatic carbocycles. The molecule has 1 aromatic rings. The van der Waals surface area contributed by atoms with E-state index in [-0.39, 0.29) is 60.1 Å². The number of aryl methyl sites for hydroxylation is 1. The van der Waals surface area contributed by atoms with Crippen LogP contribution in [0.25, 0.3) is 0 Å². The standard InChI is InChI=1S/C26H42N4O4.C2H6/c1-5-30-22(6-13-27-30)26-10-7-25(8-11-26,9-12-26)21(16-31)28-23(33)20-14-19(32)15-29(20)24(34)18(4)17(2)3;1-2/h6,13,17-21,31-32H,5,7-12,14-16H2,1-4H3,(H,28,33);1-2H3. The molecule has 4 unspecified atom stereocenters. The third-order valence-corrected chi connectivity index (χ3v) is 9.36. The number of amides is 2. The van der Waals surface area contributed by atoms with Crippen LogP contribution >= 0.6 is 0 Å². The predicted molar refractivity (Wildman–Crippen MR) is 140 cm³/mol. The lowest BCUT2D eigenvalue weighted by atomic mass is 9.50. The van der Waals surface area contributed by atoms with Gasteiger partial charge < -0.3 is 20.4 Å². The van der Waals surface area contributed by atoms with Crippen LogP contribution in [0.1, 0.15) is 92.2 Å². The number of aliphatic hydroxyl groups excluding tert-OH is 2. The van der Waals surface area contributed by atoms with Gasteiger partial charge in [-0.2, -0.15) is 5.10 Å². The van der Waals surface area contributed by atoms with Crippen LogP contribution < -0.4 is 5.32 Å². The summed E-state index contributed by atoms with van der Waals surface area (Å²) in [6, 6.07) is 1.13. The van der Waals surface area contributed by atoms with Gasteiger partial charge in [-0.25, -0.2) is 0 Å². The maximum atomic E-state index is 13.4. The fourth-order valence-corrected chi connectivity index (χ4v) is 6.67. The molecule has 5 rings (SSSR count). The van der Waals surface area contributed by atoms with Gasteiger partial charge in [0.2, 0.25) is 11.8 Å². The van der Waals surface area contributed by atoms with Crippen molar-refractivity contribution >= 4 is 11.8 Å². The normalized spacial score (nSPS) is 31.1. The Bertz CT molecular complexity index is 873. The Kier molecular flexibility index (Phi) is 9.25. The van der Waals surface area contributed by atoms with E-state index in [4.69, 9.17) is 0 Å². The summed E-state index contributed by atoms with van der Waals surface area (Å²) in [5.41, 5.74) is 1.34. The van der Waals surface area contributed by atoms with Gasteiger partial charge >= 0.3 is 0 Å². The van der Waals surface area contributed by atoms with Gasteiger partial charge in [-0.3, -0.25) is 14.3 Å². The number of β-amino-alcohol motifs (C(OH)–C–C–N with tert-alkyl or cyclic N) is 1. The topological polar surface area (TPSA) is 108 Å². The van der Waals surface area contributed by atoms with E-state index in [9.17, 15) is 19.8 Å². The quantitative estimate of drug-likeness (QED) is 0.504. The first kappa shape index (κ1) is 28.6. The van der Waals surface area contributed by atoms with Crippen molar-refractivity contribution in [1.82, 2.24) is 20.0 Å². The first-order valence-corrected chi connectivity index (χ1v) is 14.1. The molecule has 204 valence electrons. The highest BCUT2D eigenvalue weighted by Crippen LogP contribution is 2.59. The average molecular weight is 505 g/mol. The second-order valence-electron chi connectivity index (χ2n) is 11.3. The fourth-order valence-electron chi connectivity index (χ4n) is 6.67. The minimum atomic E-state index is -0.696. The summed E-state index contributed by atoms with van der Waals surface area (Å²) in [6.07, 6.45) is 7.40. The predicted octanol–water partition coefficient (Wildman–Crippen LogP) is 3.25. The number of aliphatic hydroxyl groups is 2. The fraction of sp³-hybridized carbons (Fsp3) is 0.821. The number of carbonyl (C=O) groups excluding carboxylic acids is 2. The third-order valence-electron chi connectivity index (χ3n) is 9.36. The lowest BCUT2D eigenvalue weighted by molar-refractivity contribution is -0.143. The van der Waals surface area contributed by atoms with Crippen molar-refractivity contribution < 1.29 is 19.8 Å². The molecule has 4 aliphatic rings. The number of hydrogen-bond donors (Lipinski definition) is 3. The highest BCUT2D eigenvalue weighted by atomic mass is 16.3. The molecular formula is C28H48N4O4. The van der Waals surface area contributed by atoms with Gasteiger partial charge in [0.1, 0.15) is 6.04 Å². The second-order valence-corrected chi connectivity index (χ2v) is 11.3. The Hall–Kier alpha value is -1.93. The largest absolute Gasteiger partial charge is 0.394 e. The summed E-state index contributed by atoms with van der Waals surface area (Å²) in [7, 11) is 0. The SMILES string of the molecule is CC.CCn1nccc1C12CCC(C(CO)NC(=O)C3CC(O)CN3C(=O)C(C)C(C)C)(CC1)CC2. The van der Waals surface area contributed by atoms with E-state index in [1.54, 1.807) is 4.90 Å². The molecule has 1 aromatic heterocycles. The van der Waals surface area contributed by atoms with Crippen LogP contribution in [0, 0.1) is 17.3 Å². The average Bonchev–Trinajstić information content (AvgIpc) is 3.55. The first-order valence-electron chi connectivity index (χ1n) is 14.1. The highest BCUT2D eigenvalue weighted by Gasteiger charge is 2.54. The number of nitrogens with zero attached hydrogens (tertiary/aromatic N) is 3. The smallest absolute Gasteiger partial charge is 0.243 e. The van der Waals surface area contributed by atoms with Gasteiger partial charge in [0.25, 0.3) is 0 Å². The summed E-state index contributed by atoms with van der Waals surface area (Å²) >= 11 is 0. The third kappa shape index (κ3) is 5.21. The van der Waals surface area contributed by atoms with Crippen molar-refractivity contribution in [2.45, 2.75) is 117 Å². The number of hydrogen-bond acceptors (Lipinski definition) is 5. The van der Waals surface area contributed by atoms with Crippen LogP contribution in [0.3, 0.4) is 0 Å². The summed E-state index contributed by atoms with van der Waals surface area (Å²) in [4.78, 5) is 27.9. The van der Waals surface area contributed by atoms with Gasteiger partial charge in [-0.1, -0.05) is 34.6 Å². The molecule has 0 spiro atoms. The van der Waals surface area contributed by atoms with Gasteiger partial charge in [0, 0.05) is 42.7 Å². The molecule has 1 aliphatic heterocycles. The van der Waals surface area contributed by atoms with E-state index < -0.39 is 12.1 Å². The number of aromatic nitrogens is 2. The van der Waals surface area contributed by atoms with Gasteiger partial charge in [-0.05, 0) is 62.8 Å².